The van der Waals surface area contributed by atoms with Crippen molar-refractivity contribution in [3.05, 3.63) is 119 Å². The number of hydrogen-bond donors (Lipinski definition) is 2. The second kappa shape index (κ2) is 18.5. The number of benzene rings is 4. The fourth-order valence-corrected chi connectivity index (χ4v) is 4.94. The number of carbonyl (C=O) groups is 2. The summed E-state index contributed by atoms with van der Waals surface area (Å²) < 4.78 is 10.6. The summed E-state index contributed by atoms with van der Waals surface area (Å²) in [5, 5.41) is 29.4. The molecule has 10 nitrogen and oxygen atoms in total. The lowest BCUT2D eigenvalue weighted by Gasteiger charge is -2.11. The Balaban J connectivity index is 1.32. The summed E-state index contributed by atoms with van der Waals surface area (Å²) in [7, 11) is 3.07. The Morgan fingerprint density at radius 2 is 0.917 bits per heavy atom. The Labute approximate surface area is 280 Å². The molecule has 4 aromatic carbocycles. The summed E-state index contributed by atoms with van der Waals surface area (Å²) in [6, 6.07) is 26.8. The number of ether oxygens (including phenoxy) is 2. The zero-order valence-corrected chi connectivity index (χ0v) is 27.1. The summed E-state index contributed by atoms with van der Waals surface area (Å²) in [4.78, 5) is 35.6. The molecule has 0 saturated heterocycles. The molecule has 250 valence electrons. The van der Waals surface area contributed by atoms with Crippen molar-refractivity contribution in [2.45, 2.75) is 51.4 Å². The highest BCUT2D eigenvalue weighted by Gasteiger charge is 2.16. The number of methoxy groups -OCH3 is 2. The third-order valence-corrected chi connectivity index (χ3v) is 7.60. The minimum Gasteiger partial charge on any atom is -0.507 e. The van der Waals surface area contributed by atoms with Gasteiger partial charge in [0, 0.05) is 11.1 Å². The largest absolute Gasteiger partial charge is 0.507 e. The molecule has 0 atom stereocenters. The zero-order valence-electron chi connectivity index (χ0n) is 27.1. The number of unbranched alkanes of at least 4 members (excludes halogenated alkanes) is 5. The third-order valence-electron chi connectivity index (χ3n) is 7.60. The Kier molecular flexibility index (Phi) is 13.6. The van der Waals surface area contributed by atoms with Crippen LogP contribution in [0.15, 0.2) is 107 Å². The van der Waals surface area contributed by atoms with Gasteiger partial charge in [0.2, 0.25) is 0 Å². The summed E-state index contributed by atoms with van der Waals surface area (Å²) in [6.07, 6.45) is 6.06. The molecule has 4 rings (SSSR count). The molecule has 0 saturated carbocycles. The van der Waals surface area contributed by atoms with E-state index in [0.29, 0.717) is 58.0 Å². The standard InChI is InChI=1S/C38H40N2O8/c1-45-29-21-23-35(41)31(25-29)33(39-47-37(43)27-15-9-7-10-16-27)19-13-5-3-4-6-14-20-34(32-26-30(46-2)22-24-36(32)42)40-48-38(44)28-17-11-8-12-18-28/h7-12,15-18,21-26,41-42H,3-6,13-14,19-20H2,1-2H3/b39-33+,40-34+. The molecular weight excluding hydrogens is 612 g/mol. The smallest absolute Gasteiger partial charge is 0.365 e. The maximum atomic E-state index is 12.5. The molecule has 4 aromatic rings. The molecule has 0 aliphatic carbocycles. The Bertz CT molecular complexity index is 1580. The normalized spacial score (nSPS) is 11.5. The van der Waals surface area contributed by atoms with Crippen molar-refractivity contribution in [1.82, 2.24) is 0 Å². The fraction of sp³-hybridized carbons (Fsp3) is 0.263. The number of nitrogens with zero attached hydrogens (tertiary/aromatic N) is 2. The molecule has 2 N–H and O–H groups in total. The van der Waals surface area contributed by atoms with Crippen LogP contribution in [-0.2, 0) is 9.68 Å². The molecule has 0 aromatic heterocycles. The molecule has 0 aliphatic rings. The van der Waals surface area contributed by atoms with Gasteiger partial charge in [-0.05, 0) is 86.3 Å². The first-order chi connectivity index (χ1) is 23.4. The first-order valence-corrected chi connectivity index (χ1v) is 15.8. The Morgan fingerprint density at radius 1 is 0.542 bits per heavy atom. The van der Waals surface area contributed by atoms with Crippen LogP contribution in [0.25, 0.3) is 0 Å². The number of hydrogen-bond acceptors (Lipinski definition) is 10. The summed E-state index contributed by atoms with van der Waals surface area (Å²) >= 11 is 0. The van der Waals surface area contributed by atoms with Gasteiger partial charge in [0.05, 0.1) is 36.8 Å². The van der Waals surface area contributed by atoms with E-state index in [1.165, 1.54) is 26.4 Å². The monoisotopic (exact) mass is 652 g/mol. The predicted octanol–water partition coefficient (Wildman–Crippen LogP) is 8.06. The zero-order chi connectivity index (χ0) is 34.1. The number of carbonyl (C=O) groups excluding carboxylic acids is 2. The van der Waals surface area contributed by atoms with Gasteiger partial charge in [-0.2, -0.15) is 0 Å². The lowest BCUT2D eigenvalue weighted by molar-refractivity contribution is 0.0507. The number of oxime groups is 2. The van der Waals surface area contributed by atoms with Crippen molar-refractivity contribution in [3.63, 3.8) is 0 Å². The SMILES string of the molecule is COc1ccc(O)c(/C(CCCCCCCC/C(=N\OC(=O)c2ccccc2)c2cc(OC)ccc2O)=N/OC(=O)c2ccccc2)c1. The van der Waals surface area contributed by atoms with Gasteiger partial charge in [0.25, 0.3) is 0 Å². The van der Waals surface area contributed by atoms with Gasteiger partial charge in [-0.25, -0.2) is 9.59 Å². The van der Waals surface area contributed by atoms with Crippen LogP contribution in [0.2, 0.25) is 0 Å². The van der Waals surface area contributed by atoms with Crippen LogP contribution in [-0.4, -0.2) is 47.8 Å². The second-order valence-electron chi connectivity index (χ2n) is 11.0. The molecule has 0 aliphatic heterocycles. The summed E-state index contributed by atoms with van der Waals surface area (Å²) in [5.74, 6) is -0.0561. The van der Waals surface area contributed by atoms with Crippen LogP contribution < -0.4 is 9.47 Å². The molecule has 0 heterocycles. The van der Waals surface area contributed by atoms with Crippen molar-refractivity contribution in [3.8, 4) is 23.0 Å². The Morgan fingerprint density at radius 3 is 1.29 bits per heavy atom. The van der Waals surface area contributed by atoms with Gasteiger partial charge >= 0.3 is 11.9 Å². The van der Waals surface area contributed by atoms with Crippen molar-refractivity contribution in [1.29, 1.82) is 0 Å². The topological polar surface area (TPSA) is 136 Å². The molecule has 0 amide bonds. The second-order valence-corrected chi connectivity index (χ2v) is 11.0. The highest BCUT2D eigenvalue weighted by molar-refractivity contribution is 6.04. The van der Waals surface area contributed by atoms with E-state index in [1.807, 2.05) is 12.1 Å². The van der Waals surface area contributed by atoms with Crippen LogP contribution in [0, 0.1) is 0 Å². The minimum atomic E-state index is -0.588. The van der Waals surface area contributed by atoms with Gasteiger partial charge in [-0.15, -0.1) is 0 Å². The van der Waals surface area contributed by atoms with Crippen molar-refractivity contribution < 1.29 is 39.0 Å². The van der Waals surface area contributed by atoms with Crippen LogP contribution >= 0.6 is 0 Å². The van der Waals surface area contributed by atoms with E-state index in [4.69, 9.17) is 19.1 Å². The van der Waals surface area contributed by atoms with E-state index < -0.39 is 11.9 Å². The van der Waals surface area contributed by atoms with Gasteiger partial charge in [0.1, 0.15) is 23.0 Å². The van der Waals surface area contributed by atoms with E-state index in [0.717, 1.165) is 38.5 Å². The molecule has 0 spiro atoms. The van der Waals surface area contributed by atoms with Crippen molar-refractivity contribution >= 4 is 23.4 Å². The lowest BCUT2D eigenvalue weighted by Crippen LogP contribution is -2.07. The number of phenols is 2. The molecule has 0 radical (unpaired) electrons. The average Bonchev–Trinajstić information content (AvgIpc) is 3.13. The third kappa shape index (κ3) is 10.4. The maximum absolute atomic E-state index is 12.5. The first kappa shape index (κ1) is 35.2. The molecule has 10 heteroatoms. The maximum Gasteiger partial charge on any atom is 0.365 e. The van der Waals surface area contributed by atoms with Gasteiger partial charge in [0.15, 0.2) is 0 Å². The number of rotatable bonds is 17. The molecule has 0 fully saturated rings. The number of aromatic hydroxyl groups is 2. The fourth-order valence-electron chi connectivity index (χ4n) is 4.94. The molecular formula is C38H40N2O8. The summed E-state index contributed by atoms with van der Waals surface area (Å²) in [5.41, 5.74) is 2.52. The highest BCUT2D eigenvalue weighted by Crippen LogP contribution is 2.27. The van der Waals surface area contributed by atoms with Crippen LogP contribution in [0.3, 0.4) is 0 Å². The molecule has 48 heavy (non-hydrogen) atoms. The van der Waals surface area contributed by atoms with Crippen LogP contribution in [0.1, 0.15) is 83.2 Å². The van der Waals surface area contributed by atoms with E-state index in [2.05, 4.69) is 10.3 Å². The number of phenolic OH excluding ortho intramolecular Hbond substituents is 2. The first-order valence-electron chi connectivity index (χ1n) is 15.8. The molecule has 0 unspecified atom stereocenters. The van der Waals surface area contributed by atoms with Crippen molar-refractivity contribution in [2.75, 3.05) is 14.2 Å². The van der Waals surface area contributed by atoms with Gasteiger partial charge in [-0.3, -0.25) is 0 Å². The van der Waals surface area contributed by atoms with E-state index in [-0.39, 0.29) is 11.5 Å². The molecule has 0 bridgehead atoms. The Hall–Kier alpha value is -5.64. The van der Waals surface area contributed by atoms with Crippen LogP contribution in [0.4, 0.5) is 0 Å². The van der Waals surface area contributed by atoms with Gasteiger partial charge in [-0.1, -0.05) is 72.4 Å². The van der Waals surface area contributed by atoms with E-state index in [1.54, 1.807) is 72.8 Å². The van der Waals surface area contributed by atoms with Gasteiger partial charge < -0.3 is 29.4 Å². The predicted molar refractivity (Wildman–Crippen MR) is 183 cm³/mol. The average molecular weight is 653 g/mol. The van der Waals surface area contributed by atoms with E-state index in [9.17, 15) is 19.8 Å². The highest BCUT2D eigenvalue weighted by atomic mass is 16.7. The van der Waals surface area contributed by atoms with Crippen molar-refractivity contribution in [2.24, 2.45) is 10.3 Å². The quantitative estimate of drug-likeness (QED) is 0.0506. The lowest BCUT2D eigenvalue weighted by atomic mass is 10.00. The van der Waals surface area contributed by atoms with E-state index >= 15 is 0 Å². The van der Waals surface area contributed by atoms with Crippen LogP contribution in [0.5, 0.6) is 23.0 Å². The minimum absolute atomic E-state index is 0.0132. The summed E-state index contributed by atoms with van der Waals surface area (Å²) in [6.45, 7) is 0.